The van der Waals surface area contributed by atoms with Gasteiger partial charge >= 0.3 is 5.97 Å². The molecule has 1 fully saturated rings. The van der Waals surface area contributed by atoms with Crippen molar-refractivity contribution in [2.24, 2.45) is 5.92 Å². The first kappa shape index (κ1) is 11.8. The molecule has 5 heteroatoms. The number of hydrogen-bond acceptors (Lipinski definition) is 4. The van der Waals surface area contributed by atoms with Crippen molar-refractivity contribution in [2.75, 3.05) is 5.32 Å². The summed E-state index contributed by atoms with van der Waals surface area (Å²) < 4.78 is 0. The standard InChI is InChI=1S/C12H17N3O2/c1-7-3-4-9(5-7)15-12-13-6-10(11(16)17)8(2)14-12/h6-7,9H,3-5H2,1-2H3,(H,16,17)(H,13,14,15). The number of anilines is 1. The lowest BCUT2D eigenvalue weighted by molar-refractivity contribution is 0.0695. The molecular weight excluding hydrogens is 218 g/mol. The van der Waals surface area contributed by atoms with Crippen molar-refractivity contribution in [1.29, 1.82) is 0 Å². The van der Waals surface area contributed by atoms with Crippen LogP contribution in [-0.2, 0) is 0 Å². The minimum absolute atomic E-state index is 0.162. The number of nitrogens with one attached hydrogen (secondary N) is 1. The molecule has 1 aliphatic rings. The van der Waals surface area contributed by atoms with E-state index in [1.165, 1.54) is 12.6 Å². The fraction of sp³-hybridized carbons (Fsp3) is 0.583. The van der Waals surface area contributed by atoms with E-state index in [4.69, 9.17) is 5.11 Å². The topological polar surface area (TPSA) is 75.1 Å². The third kappa shape index (κ3) is 2.72. The zero-order valence-electron chi connectivity index (χ0n) is 10.1. The van der Waals surface area contributed by atoms with Crippen LogP contribution in [0.2, 0.25) is 0 Å². The number of rotatable bonds is 3. The average Bonchev–Trinajstić information content (AvgIpc) is 2.63. The molecule has 92 valence electrons. The van der Waals surface area contributed by atoms with E-state index < -0.39 is 5.97 Å². The maximum Gasteiger partial charge on any atom is 0.339 e. The Morgan fingerprint density at radius 2 is 2.29 bits per heavy atom. The predicted molar refractivity (Wildman–Crippen MR) is 64.2 cm³/mol. The maximum atomic E-state index is 10.8. The van der Waals surface area contributed by atoms with Crippen LogP contribution in [0.15, 0.2) is 6.20 Å². The van der Waals surface area contributed by atoms with Crippen LogP contribution in [0.5, 0.6) is 0 Å². The van der Waals surface area contributed by atoms with Gasteiger partial charge in [0.05, 0.1) is 11.3 Å². The Morgan fingerprint density at radius 3 is 2.82 bits per heavy atom. The Bertz CT molecular complexity index is 434. The minimum atomic E-state index is -0.983. The van der Waals surface area contributed by atoms with Crippen LogP contribution in [0.1, 0.15) is 42.2 Å². The summed E-state index contributed by atoms with van der Waals surface area (Å²) in [4.78, 5) is 19.0. The van der Waals surface area contributed by atoms with E-state index in [1.54, 1.807) is 6.92 Å². The van der Waals surface area contributed by atoms with Crippen molar-refractivity contribution in [1.82, 2.24) is 9.97 Å². The Hall–Kier alpha value is -1.65. The lowest BCUT2D eigenvalue weighted by Crippen LogP contribution is -2.18. The predicted octanol–water partition coefficient (Wildman–Crippen LogP) is 2.08. The van der Waals surface area contributed by atoms with Gasteiger partial charge in [-0.1, -0.05) is 6.92 Å². The molecule has 2 rings (SSSR count). The Kier molecular flexibility index (Phi) is 3.26. The quantitative estimate of drug-likeness (QED) is 0.839. The van der Waals surface area contributed by atoms with Crippen molar-refractivity contribution < 1.29 is 9.90 Å². The molecule has 1 heterocycles. The molecule has 2 atom stereocenters. The molecule has 0 aliphatic heterocycles. The highest BCUT2D eigenvalue weighted by molar-refractivity contribution is 5.88. The molecule has 2 unspecified atom stereocenters. The van der Waals surface area contributed by atoms with E-state index in [2.05, 4.69) is 22.2 Å². The third-order valence-corrected chi connectivity index (χ3v) is 3.24. The van der Waals surface area contributed by atoms with E-state index in [-0.39, 0.29) is 5.56 Å². The smallest absolute Gasteiger partial charge is 0.339 e. The molecular formula is C12H17N3O2. The molecule has 1 saturated carbocycles. The van der Waals surface area contributed by atoms with Crippen LogP contribution in [-0.4, -0.2) is 27.1 Å². The highest BCUT2D eigenvalue weighted by atomic mass is 16.4. The van der Waals surface area contributed by atoms with E-state index in [0.717, 1.165) is 18.8 Å². The fourth-order valence-corrected chi connectivity index (χ4v) is 2.27. The van der Waals surface area contributed by atoms with Gasteiger partial charge in [0.25, 0.3) is 0 Å². The number of aromatic carboxylic acids is 1. The summed E-state index contributed by atoms with van der Waals surface area (Å²) in [5, 5.41) is 12.1. The number of carbonyl (C=O) groups is 1. The molecule has 5 nitrogen and oxygen atoms in total. The van der Waals surface area contributed by atoms with Crippen molar-refractivity contribution in [3.63, 3.8) is 0 Å². The first-order chi connectivity index (χ1) is 8.06. The number of aryl methyl sites for hydroxylation is 1. The summed E-state index contributed by atoms with van der Waals surface area (Å²) in [6.07, 6.45) is 4.85. The average molecular weight is 235 g/mol. The van der Waals surface area contributed by atoms with Gasteiger partial charge in [0.1, 0.15) is 0 Å². The summed E-state index contributed by atoms with van der Waals surface area (Å²) >= 11 is 0. The summed E-state index contributed by atoms with van der Waals surface area (Å²) in [7, 11) is 0. The van der Waals surface area contributed by atoms with Crippen molar-refractivity contribution >= 4 is 11.9 Å². The molecule has 0 aromatic carbocycles. The Balaban J connectivity index is 2.07. The summed E-state index contributed by atoms with van der Waals surface area (Å²) in [5.41, 5.74) is 0.663. The molecule has 0 radical (unpaired) electrons. The molecule has 0 spiro atoms. The van der Waals surface area contributed by atoms with Gasteiger partial charge in [-0.3, -0.25) is 0 Å². The molecule has 0 saturated heterocycles. The molecule has 0 amide bonds. The van der Waals surface area contributed by atoms with E-state index in [1.807, 2.05) is 0 Å². The van der Waals surface area contributed by atoms with Crippen LogP contribution in [0.25, 0.3) is 0 Å². The lowest BCUT2D eigenvalue weighted by Gasteiger charge is -2.12. The van der Waals surface area contributed by atoms with Gasteiger partial charge in [-0.25, -0.2) is 14.8 Å². The van der Waals surface area contributed by atoms with Gasteiger partial charge in [0.15, 0.2) is 0 Å². The molecule has 0 bridgehead atoms. The monoisotopic (exact) mass is 235 g/mol. The van der Waals surface area contributed by atoms with E-state index in [9.17, 15) is 4.79 Å². The second kappa shape index (κ2) is 4.69. The molecule has 1 aromatic heterocycles. The zero-order chi connectivity index (χ0) is 12.4. The summed E-state index contributed by atoms with van der Waals surface area (Å²) in [6.45, 7) is 3.93. The van der Waals surface area contributed by atoms with Crippen LogP contribution in [0.3, 0.4) is 0 Å². The molecule has 1 aromatic rings. The van der Waals surface area contributed by atoms with Gasteiger partial charge in [-0.05, 0) is 32.1 Å². The number of carboxylic acids is 1. The second-order valence-electron chi connectivity index (χ2n) is 4.76. The van der Waals surface area contributed by atoms with E-state index >= 15 is 0 Å². The summed E-state index contributed by atoms with van der Waals surface area (Å²) in [6, 6.07) is 0.417. The first-order valence-corrected chi connectivity index (χ1v) is 5.89. The number of nitrogens with zero attached hydrogens (tertiary/aromatic N) is 2. The van der Waals surface area contributed by atoms with Gasteiger partial charge < -0.3 is 10.4 Å². The Morgan fingerprint density at radius 1 is 1.53 bits per heavy atom. The SMILES string of the molecule is Cc1nc(NC2CCC(C)C2)ncc1C(=O)O. The first-order valence-electron chi connectivity index (χ1n) is 5.89. The fourth-order valence-electron chi connectivity index (χ4n) is 2.27. The Labute approximate surface area is 100 Å². The van der Waals surface area contributed by atoms with Gasteiger partial charge in [-0.15, -0.1) is 0 Å². The number of aromatic nitrogens is 2. The van der Waals surface area contributed by atoms with Gasteiger partial charge in [0.2, 0.25) is 5.95 Å². The van der Waals surface area contributed by atoms with Crippen molar-refractivity contribution in [2.45, 2.75) is 39.2 Å². The second-order valence-corrected chi connectivity index (χ2v) is 4.76. The summed E-state index contributed by atoms with van der Waals surface area (Å²) in [5.74, 6) is 0.294. The van der Waals surface area contributed by atoms with Crippen LogP contribution in [0, 0.1) is 12.8 Å². The van der Waals surface area contributed by atoms with E-state index in [0.29, 0.717) is 17.7 Å². The number of hydrogen-bond donors (Lipinski definition) is 2. The van der Waals surface area contributed by atoms with Crippen LogP contribution < -0.4 is 5.32 Å². The van der Waals surface area contributed by atoms with Crippen LogP contribution >= 0.6 is 0 Å². The third-order valence-electron chi connectivity index (χ3n) is 3.24. The molecule has 17 heavy (non-hydrogen) atoms. The van der Waals surface area contributed by atoms with Gasteiger partial charge in [0, 0.05) is 12.2 Å². The highest BCUT2D eigenvalue weighted by Gasteiger charge is 2.22. The minimum Gasteiger partial charge on any atom is -0.478 e. The van der Waals surface area contributed by atoms with Crippen molar-refractivity contribution in [3.8, 4) is 0 Å². The normalized spacial score (nSPS) is 23.6. The zero-order valence-corrected chi connectivity index (χ0v) is 10.1. The number of carboxylic acid groups (broad SMARTS) is 1. The molecule has 1 aliphatic carbocycles. The largest absolute Gasteiger partial charge is 0.478 e. The highest BCUT2D eigenvalue weighted by Crippen LogP contribution is 2.26. The lowest BCUT2D eigenvalue weighted by atomic mass is 10.1. The van der Waals surface area contributed by atoms with Gasteiger partial charge in [-0.2, -0.15) is 0 Å². The molecule has 2 N–H and O–H groups in total. The van der Waals surface area contributed by atoms with Crippen LogP contribution in [0.4, 0.5) is 5.95 Å². The maximum absolute atomic E-state index is 10.8. The van der Waals surface area contributed by atoms with Crippen molar-refractivity contribution in [3.05, 3.63) is 17.5 Å².